The highest BCUT2D eigenvalue weighted by atomic mass is 35.5. The SMILES string of the molecule is COC(=O)CN1CCc2c(Cl)c(OCc3cccc(-c4cccc(OCCCN5CCCC5)c4C)c3C)cc(OCc3cncc(C(=O)OC)c3)c2C1. The smallest absolute Gasteiger partial charge is 0.339 e. The number of esters is 2. The van der Waals surface area contributed by atoms with E-state index in [1.165, 1.54) is 46.3 Å². The number of carbonyl (C=O) groups excluding carboxylic acids is 2. The van der Waals surface area contributed by atoms with Gasteiger partial charge in [-0.05, 0) is 98.1 Å². The van der Waals surface area contributed by atoms with Crippen molar-refractivity contribution in [3.63, 3.8) is 0 Å². The zero-order valence-corrected chi connectivity index (χ0v) is 31.8. The second-order valence-corrected chi connectivity index (χ2v) is 14.0. The monoisotopic (exact) mass is 741 g/mol. The fourth-order valence-electron chi connectivity index (χ4n) is 7.11. The Hall–Kier alpha value is -4.64. The Morgan fingerprint density at radius 1 is 0.792 bits per heavy atom. The van der Waals surface area contributed by atoms with Crippen molar-refractivity contribution in [1.82, 2.24) is 14.8 Å². The number of nitrogens with zero attached hydrogens (tertiary/aromatic N) is 3. The molecule has 0 atom stereocenters. The lowest BCUT2D eigenvalue weighted by atomic mass is 9.93. The molecule has 53 heavy (non-hydrogen) atoms. The van der Waals surface area contributed by atoms with E-state index in [1.807, 2.05) is 11.0 Å². The van der Waals surface area contributed by atoms with Gasteiger partial charge in [0.1, 0.15) is 30.5 Å². The first-order chi connectivity index (χ1) is 25.7. The van der Waals surface area contributed by atoms with E-state index < -0.39 is 5.97 Å². The second-order valence-electron chi connectivity index (χ2n) is 13.6. The van der Waals surface area contributed by atoms with Crippen LogP contribution < -0.4 is 14.2 Å². The van der Waals surface area contributed by atoms with Crippen molar-refractivity contribution in [3.8, 4) is 28.4 Å². The zero-order valence-electron chi connectivity index (χ0n) is 31.0. The Labute approximate surface area is 316 Å². The molecule has 1 fully saturated rings. The molecule has 0 unspecified atom stereocenters. The molecule has 0 amide bonds. The normalized spacial score (nSPS) is 14.4. The molecule has 0 radical (unpaired) electrons. The Bertz CT molecular complexity index is 1930. The fourth-order valence-corrected chi connectivity index (χ4v) is 7.42. The van der Waals surface area contributed by atoms with Gasteiger partial charge in [-0.1, -0.05) is 41.9 Å². The number of fused-ring (bicyclic) bond motifs is 1. The number of benzene rings is 3. The first kappa shape index (κ1) is 38.1. The number of ether oxygens (including phenoxy) is 5. The van der Waals surface area contributed by atoms with Crippen LogP contribution in [0, 0.1) is 13.8 Å². The number of pyridine rings is 1. The molecule has 1 saturated heterocycles. The summed E-state index contributed by atoms with van der Waals surface area (Å²) in [5.74, 6) is 1.21. The van der Waals surface area contributed by atoms with Gasteiger partial charge in [0.05, 0.1) is 38.0 Å². The third kappa shape index (κ3) is 9.30. The summed E-state index contributed by atoms with van der Waals surface area (Å²) in [5.41, 5.74) is 8.34. The fraction of sp³-hybridized carbons (Fsp3) is 0.405. The number of hydrogen-bond donors (Lipinski definition) is 0. The van der Waals surface area contributed by atoms with Crippen molar-refractivity contribution in [2.24, 2.45) is 0 Å². The molecule has 0 N–H and O–H groups in total. The molecule has 10 nitrogen and oxygen atoms in total. The van der Waals surface area contributed by atoms with E-state index in [2.05, 4.69) is 60.1 Å². The van der Waals surface area contributed by atoms with Crippen LogP contribution in [0.1, 0.15) is 63.0 Å². The molecule has 2 aliphatic heterocycles. The van der Waals surface area contributed by atoms with Gasteiger partial charge in [-0.2, -0.15) is 0 Å². The first-order valence-corrected chi connectivity index (χ1v) is 18.6. The second kappa shape index (κ2) is 17.9. The minimum Gasteiger partial charge on any atom is -0.493 e. The van der Waals surface area contributed by atoms with Crippen LogP contribution in [0.15, 0.2) is 60.9 Å². The minimum absolute atomic E-state index is 0.143. The Morgan fingerprint density at radius 2 is 1.55 bits per heavy atom. The average Bonchev–Trinajstić information content (AvgIpc) is 3.70. The molecule has 6 rings (SSSR count). The van der Waals surface area contributed by atoms with Crippen molar-refractivity contribution < 1.29 is 33.3 Å². The van der Waals surface area contributed by atoms with Crippen molar-refractivity contribution in [2.75, 3.05) is 53.6 Å². The Balaban J connectivity index is 1.21. The summed E-state index contributed by atoms with van der Waals surface area (Å²) in [7, 11) is 2.71. The Kier molecular flexibility index (Phi) is 12.9. The van der Waals surface area contributed by atoms with Crippen molar-refractivity contribution in [1.29, 1.82) is 0 Å². The van der Waals surface area contributed by atoms with Gasteiger partial charge in [0, 0.05) is 49.2 Å². The highest BCUT2D eigenvalue weighted by Crippen LogP contribution is 2.41. The number of aromatic nitrogens is 1. The molecule has 0 bridgehead atoms. The van der Waals surface area contributed by atoms with Crippen molar-refractivity contribution >= 4 is 23.5 Å². The van der Waals surface area contributed by atoms with Gasteiger partial charge in [-0.3, -0.25) is 14.7 Å². The highest BCUT2D eigenvalue weighted by Gasteiger charge is 2.27. The number of likely N-dealkylation sites (tertiary alicyclic amines) is 1. The van der Waals surface area contributed by atoms with Crippen LogP contribution in [-0.4, -0.2) is 80.3 Å². The van der Waals surface area contributed by atoms with E-state index >= 15 is 0 Å². The molecule has 11 heteroatoms. The molecule has 1 aromatic heterocycles. The zero-order chi connectivity index (χ0) is 37.3. The van der Waals surface area contributed by atoms with Gasteiger partial charge >= 0.3 is 11.9 Å². The maximum Gasteiger partial charge on any atom is 0.339 e. The van der Waals surface area contributed by atoms with Crippen LogP contribution >= 0.6 is 11.6 Å². The van der Waals surface area contributed by atoms with Gasteiger partial charge in [0.2, 0.25) is 0 Å². The third-order valence-corrected chi connectivity index (χ3v) is 10.5. The lowest BCUT2D eigenvalue weighted by Gasteiger charge is -2.30. The van der Waals surface area contributed by atoms with Crippen LogP contribution in [-0.2, 0) is 40.4 Å². The molecule has 0 aliphatic carbocycles. The molecule has 3 heterocycles. The molecule has 0 saturated carbocycles. The Morgan fingerprint density at radius 3 is 2.32 bits per heavy atom. The van der Waals surface area contributed by atoms with Gasteiger partial charge in [0.15, 0.2) is 0 Å². The van der Waals surface area contributed by atoms with Crippen LogP contribution in [0.2, 0.25) is 5.02 Å². The summed E-state index contributed by atoms with van der Waals surface area (Å²) in [5, 5.41) is 0.527. The molecule has 3 aromatic carbocycles. The van der Waals surface area contributed by atoms with E-state index in [1.54, 1.807) is 12.3 Å². The van der Waals surface area contributed by atoms with Crippen LogP contribution in [0.5, 0.6) is 17.2 Å². The first-order valence-electron chi connectivity index (χ1n) is 18.2. The summed E-state index contributed by atoms with van der Waals surface area (Å²) >= 11 is 7.06. The predicted octanol–water partition coefficient (Wildman–Crippen LogP) is 7.36. The van der Waals surface area contributed by atoms with E-state index in [9.17, 15) is 9.59 Å². The molecule has 4 aromatic rings. The average molecular weight is 742 g/mol. The number of halogens is 1. The maximum absolute atomic E-state index is 12.1. The standard InChI is InChI=1S/C42H48ClN3O7/c1-28-31(10-7-11-33(28)34-12-8-13-37(29(34)2)51-19-9-17-45-15-5-6-16-45)27-53-39-21-38(52-26-30-20-32(23-44-22-30)42(48)50-4)36-24-46(25-40(47)49-3)18-14-35(36)41(39)43/h7-8,10-13,20-23H,5-6,9,14-19,24-27H2,1-4H3. The van der Waals surface area contributed by atoms with E-state index in [0.717, 1.165) is 57.7 Å². The highest BCUT2D eigenvalue weighted by molar-refractivity contribution is 6.33. The summed E-state index contributed by atoms with van der Waals surface area (Å²) in [6, 6.07) is 16.0. The van der Waals surface area contributed by atoms with Crippen LogP contribution in [0.4, 0.5) is 0 Å². The maximum atomic E-state index is 12.1. The summed E-state index contributed by atoms with van der Waals surface area (Å²) in [4.78, 5) is 32.9. The summed E-state index contributed by atoms with van der Waals surface area (Å²) in [6.45, 7) is 10.1. The quantitative estimate of drug-likeness (QED) is 0.0908. The van der Waals surface area contributed by atoms with Gasteiger partial charge in [0.25, 0.3) is 0 Å². The van der Waals surface area contributed by atoms with Crippen LogP contribution in [0.25, 0.3) is 11.1 Å². The van der Waals surface area contributed by atoms with Gasteiger partial charge < -0.3 is 28.6 Å². The summed E-state index contributed by atoms with van der Waals surface area (Å²) in [6.07, 6.45) is 7.31. The lowest BCUT2D eigenvalue weighted by molar-refractivity contribution is -0.142. The van der Waals surface area contributed by atoms with E-state index in [4.69, 9.17) is 35.3 Å². The topological polar surface area (TPSA) is 99.7 Å². The predicted molar refractivity (Wildman–Crippen MR) is 204 cm³/mol. The van der Waals surface area contributed by atoms with Crippen molar-refractivity contribution in [2.45, 2.75) is 59.3 Å². The molecule has 0 spiro atoms. The van der Waals surface area contributed by atoms with E-state index in [0.29, 0.717) is 60.4 Å². The number of rotatable bonds is 15. The number of hydrogen-bond acceptors (Lipinski definition) is 10. The molecular formula is C42H48ClN3O7. The van der Waals surface area contributed by atoms with Gasteiger partial charge in [-0.25, -0.2) is 4.79 Å². The van der Waals surface area contributed by atoms with E-state index in [-0.39, 0.29) is 19.1 Å². The van der Waals surface area contributed by atoms with Crippen LogP contribution in [0.3, 0.4) is 0 Å². The third-order valence-electron chi connectivity index (χ3n) is 10.1. The molecule has 2 aliphatic rings. The largest absolute Gasteiger partial charge is 0.493 e. The lowest BCUT2D eigenvalue weighted by Crippen LogP contribution is -2.35. The number of carbonyl (C=O) groups is 2. The summed E-state index contributed by atoms with van der Waals surface area (Å²) < 4.78 is 28.9. The molecular weight excluding hydrogens is 694 g/mol. The van der Waals surface area contributed by atoms with Gasteiger partial charge in [-0.15, -0.1) is 0 Å². The number of methoxy groups -OCH3 is 2. The minimum atomic E-state index is -0.476. The molecule has 280 valence electrons. The van der Waals surface area contributed by atoms with Crippen molar-refractivity contribution in [3.05, 3.63) is 105 Å².